The maximum absolute atomic E-state index is 5.86. The van der Waals surface area contributed by atoms with Gasteiger partial charge >= 0.3 is 0 Å². The van der Waals surface area contributed by atoms with Crippen molar-refractivity contribution in [2.24, 2.45) is 7.05 Å². The third-order valence-corrected chi connectivity index (χ3v) is 2.58. The molecule has 0 bridgehead atoms. The van der Waals surface area contributed by atoms with Crippen LogP contribution in [-0.4, -0.2) is 26.2 Å². The Bertz CT molecular complexity index is 439. The number of rotatable bonds is 5. The number of hydrogen-bond donors (Lipinski definition) is 1. The average Bonchev–Trinajstić information content (AvgIpc) is 2.88. The van der Waals surface area contributed by atoms with Gasteiger partial charge in [-0.2, -0.15) is 4.98 Å². The molecule has 16 heavy (non-hydrogen) atoms. The summed E-state index contributed by atoms with van der Waals surface area (Å²) in [7, 11) is 1.88. The molecule has 2 heterocycles. The summed E-state index contributed by atoms with van der Waals surface area (Å²) in [4.78, 5) is 8.09. The third kappa shape index (κ3) is 2.59. The molecule has 2 aromatic heterocycles. The van der Waals surface area contributed by atoms with E-state index >= 15 is 0 Å². The molecule has 0 aliphatic heterocycles. The van der Waals surface area contributed by atoms with Gasteiger partial charge in [-0.3, -0.25) is 0 Å². The second-order valence-corrected chi connectivity index (χ2v) is 3.71. The zero-order chi connectivity index (χ0) is 11.4. The SMILES string of the molecule is Cn1c(Cl)cnc1CNCCc1ncno1. The lowest BCUT2D eigenvalue weighted by atomic mass is 10.4. The minimum Gasteiger partial charge on any atom is -0.340 e. The van der Waals surface area contributed by atoms with Crippen molar-refractivity contribution in [1.82, 2.24) is 25.0 Å². The Morgan fingerprint density at radius 3 is 3.00 bits per heavy atom. The Morgan fingerprint density at radius 1 is 1.50 bits per heavy atom. The molecule has 0 fully saturated rings. The third-order valence-electron chi connectivity index (χ3n) is 2.23. The number of halogens is 1. The molecule has 2 rings (SSSR count). The summed E-state index contributed by atoms with van der Waals surface area (Å²) in [5.41, 5.74) is 0. The topological polar surface area (TPSA) is 68.8 Å². The fourth-order valence-electron chi connectivity index (χ4n) is 1.29. The highest BCUT2D eigenvalue weighted by Gasteiger charge is 2.04. The standard InChI is InChI=1S/C9H12ClN5O/c1-15-7(10)4-12-8(15)5-11-3-2-9-13-6-14-16-9/h4,6,11H,2-3,5H2,1H3. The van der Waals surface area contributed by atoms with Crippen LogP contribution in [0.2, 0.25) is 5.15 Å². The van der Waals surface area contributed by atoms with Crippen LogP contribution in [0.5, 0.6) is 0 Å². The minimum atomic E-state index is 0.630. The van der Waals surface area contributed by atoms with Crippen LogP contribution >= 0.6 is 11.6 Å². The Labute approximate surface area is 97.6 Å². The second-order valence-electron chi connectivity index (χ2n) is 3.32. The summed E-state index contributed by atoms with van der Waals surface area (Å²) in [6.45, 7) is 1.42. The smallest absolute Gasteiger partial charge is 0.227 e. The van der Waals surface area contributed by atoms with Gasteiger partial charge in [-0.15, -0.1) is 0 Å². The predicted octanol–water partition coefficient (Wildman–Crippen LogP) is 0.789. The molecule has 0 atom stereocenters. The van der Waals surface area contributed by atoms with Crippen molar-refractivity contribution in [2.75, 3.05) is 6.54 Å². The van der Waals surface area contributed by atoms with Crippen LogP contribution in [0, 0.1) is 0 Å². The van der Waals surface area contributed by atoms with Crippen molar-refractivity contribution in [3.8, 4) is 0 Å². The van der Waals surface area contributed by atoms with Crippen LogP contribution < -0.4 is 5.32 Å². The highest BCUT2D eigenvalue weighted by Crippen LogP contribution is 2.08. The number of aromatic nitrogens is 4. The first-order valence-electron chi connectivity index (χ1n) is 4.89. The highest BCUT2D eigenvalue weighted by atomic mass is 35.5. The quantitative estimate of drug-likeness (QED) is 0.784. The lowest BCUT2D eigenvalue weighted by Crippen LogP contribution is -2.19. The van der Waals surface area contributed by atoms with E-state index in [-0.39, 0.29) is 0 Å². The van der Waals surface area contributed by atoms with Gasteiger partial charge in [0.15, 0.2) is 6.33 Å². The summed E-state index contributed by atoms with van der Waals surface area (Å²) in [5, 5.41) is 7.39. The van der Waals surface area contributed by atoms with Crippen LogP contribution in [0.4, 0.5) is 0 Å². The number of nitrogens with zero attached hydrogens (tertiary/aromatic N) is 4. The van der Waals surface area contributed by atoms with Gasteiger partial charge in [0.25, 0.3) is 0 Å². The maximum Gasteiger partial charge on any atom is 0.227 e. The molecule has 0 aliphatic carbocycles. The van der Waals surface area contributed by atoms with Gasteiger partial charge in [0.05, 0.1) is 12.7 Å². The van der Waals surface area contributed by atoms with Gasteiger partial charge in [0.1, 0.15) is 11.0 Å². The Balaban J connectivity index is 1.74. The van der Waals surface area contributed by atoms with Gasteiger partial charge in [0.2, 0.25) is 5.89 Å². The van der Waals surface area contributed by atoms with Crippen molar-refractivity contribution in [3.63, 3.8) is 0 Å². The van der Waals surface area contributed by atoms with E-state index < -0.39 is 0 Å². The molecule has 6 nitrogen and oxygen atoms in total. The van der Waals surface area contributed by atoms with Crippen LogP contribution in [0.3, 0.4) is 0 Å². The molecule has 7 heteroatoms. The molecule has 0 aromatic carbocycles. The molecule has 2 aromatic rings. The van der Waals surface area contributed by atoms with Crippen molar-refractivity contribution in [3.05, 3.63) is 29.4 Å². The van der Waals surface area contributed by atoms with Gasteiger partial charge in [-0.1, -0.05) is 16.8 Å². The van der Waals surface area contributed by atoms with E-state index in [9.17, 15) is 0 Å². The molecule has 0 saturated heterocycles. The van der Waals surface area contributed by atoms with Crippen LogP contribution in [-0.2, 0) is 20.0 Å². The molecule has 86 valence electrons. The number of nitrogens with one attached hydrogen (secondary N) is 1. The van der Waals surface area contributed by atoms with Crippen LogP contribution in [0.25, 0.3) is 0 Å². The monoisotopic (exact) mass is 241 g/mol. The molecule has 0 aliphatic rings. The molecule has 0 radical (unpaired) electrons. The summed E-state index contributed by atoms with van der Waals surface area (Å²) in [5.74, 6) is 1.53. The van der Waals surface area contributed by atoms with E-state index in [0.717, 1.165) is 12.4 Å². The first-order valence-corrected chi connectivity index (χ1v) is 5.27. The van der Waals surface area contributed by atoms with E-state index in [1.165, 1.54) is 6.33 Å². The van der Waals surface area contributed by atoms with Gasteiger partial charge < -0.3 is 14.4 Å². The zero-order valence-corrected chi connectivity index (χ0v) is 9.61. The van der Waals surface area contributed by atoms with Crippen LogP contribution in [0.1, 0.15) is 11.7 Å². The molecule has 0 spiro atoms. The Hall–Kier alpha value is -1.40. The highest BCUT2D eigenvalue weighted by molar-refractivity contribution is 6.29. The molecular weight excluding hydrogens is 230 g/mol. The van der Waals surface area contributed by atoms with E-state index in [1.54, 1.807) is 6.20 Å². The predicted molar refractivity (Wildman–Crippen MR) is 57.9 cm³/mol. The fourth-order valence-corrected chi connectivity index (χ4v) is 1.44. The van der Waals surface area contributed by atoms with E-state index in [0.29, 0.717) is 24.0 Å². The summed E-state index contributed by atoms with van der Waals surface area (Å²) < 4.78 is 6.71. The average molecular weight is 242 g/mol. The van der Waals surface area contributed by atoms with Crippen molar-refractivity contribution >= 4 is 11.6 Å². The van der Waals surface area contributed by atoms with Crippen molar-refractivity contribution in [2.45, 2.75) is 13.0 Å². The lowest BCUT2D eigenvalue weighted by molar-refractivity contribution is 0.374. The number of imidazole rings is 1. The van der Waals surface area contributed by atoms with E-state index in [1.807, 2.05) is 11.6 Å². The van der Waals surface area contributed by atoms with Crippen molar-refractivity contribution in [1.29, 1.82) is 0 Å². The normalized spacial score (nSPS) is 10.9. The Morgan fingerprint density at radius 2 is 2.38 bits per heavy atom. The van der Waals surface area contributed by atoms with Gasteiger partial charge in [0, 0.05) is 20.0 Å². The van der Waals surface area contributed by atoms with E-state index in [2.05, 4.69) is 20.4 Å². The second kappa shape index (κ2) is 5.09. The fraction of sp³-hybridized carbons (Fsp3) is 0.444. The van der Waals surface area contributed by atoms with Gasteiger partial charge in [-0.05, 0) is 0 Å². The zero-order valence-electron chi connectivity index (χ0n) is 8.85. The molecule has 1 N–H and O–H groups in total. The van der Waals surface area contributed by atoms with Crippen LogP contribution in [0.15, 0.2) is 17.0 Å². The minimum absolute atomic E-state index is 0.630. The maximum atomic E-state index is 5.86. The first kappa shape index (κ1) is 11.1. The summed E-state index contributed by atoms with van der Waals surface area (Å²) >= 11 is 5.86. The first-order chi connectivity index (χ1) is 7.77. The largest absolute Gasteiger partial charge is 0.340 e. The summed E-state index contributed by atoms with van der Waals surface area (Å²) in [6.07, 6.45) is 3.74. The molecule has 0 saturated carbocycles. The molecule has 0 amide bonds. The van der Waals surface area contributed by atoms with E-state index in [4.69, 9.17) is 16.1 Å². The van der Waals surface area contributed by atoms with Gasteiger partial charge in [-0.25, -0.2) is 4.98 Å². The van der Waals surface area contributed by atoms with Crippen molar-refractivity contribution < 1.29 is 4.52 Å². The lowest BCUT2D eigenvalue weighted by Gasteiger charge is -2.03. The molecular formula is C9H12ClN5O. The molecule has 0 unspecified atom stereocenters. The summed E-state index contributed by atoms with van der Waals surface area (Å²) in [6, 6.07) is 0. The number of hydrogen-bond acceptors (Lipinski definition) is 5. The Kier molecular flexibility index (Phi) is 3.53.